The van der Waals surface area contributed by atoms with Crippen molar-refractivity contribution in [2.45, 2.75) is 12.5 Å². The molecule has 0 rings (SSSR count). The van der Waals surface area contributed by atoms with E-state index in [9.17, 15) is 4.79 Å². The van der Waals surface area contributed by atoms with E-state index in [1.165, 1.54) is 0 Å². The normalized spacial score (nSPS) is 12.6. The number of hydrogen-bond donors (Lipinski definition) is 3. The van der Waals surface area contributed by atoms with Gasteiger partial charge in [0.1, 0.15) is 6.04 Å². The van der Waals surface area contributed by atoms with Crippen LogP contribution in [0.25, 0.3) is 0 Å². The Morgan fingerprint density at radius 1 is 1.64 bits per heavy atom. The molecule has 0 aliphatic heterocycles. The van der Waals surface area contributed by atoms with E-state index in [1.807, 2.05) is 0 Å². The van der Waals surface area contributed by atoms with Gasteiger partial charge in [0.05, 0.1) is 6.61 Å². The average Bonchev–Trinajstić information content (AvgIpc) is 2.03. The molecule has 0 spiro atoms. The number of carbonyl (C=O) groups excluding carboxylic acids is 1. The summed E-state index contributed by atoms with van der Waals surface area (Å²) in [5.41, 5.74) is 10.5. The lowest BCUT2D eigenvalue weighted by Gasteiger charge is -2.07. The van der Waals surface area contributed by atoms with Crippen molar-refractivity contribution in [1.29, 1.82) is 0 Å². The van der Waals surface area contributed by atoms with Gasteiger partial charge in [0.25, 0.3) is 0 Å². The molecule has 0 fully saturated rings. The number of ether oxygens (including phenoxy) is 1. The molecule has 0 unspecified atom stereocenters. The molecule has 11 heavy (non-hydrogen) atoms. The molecule has 4 nitrogen and oxygen atoms in total. The van der Waals surface area contributed by atoms with E-state index in [0.29, 0.717) is 25.3 Å². The van der Waals surface area contributed by atoms with Crippen molar-refractivity contribution in [2.75, 3.05) is 18.9 Å². The summed E-state index contributed by atoms with van der Waals surface area (Å²) >= 11 is 3.85. The summed E-state index contributed by atoms with van der Waals surface area (Å²) in [6.07, 6.45) is 0.672. The van der Waals surface area contributed by atoms with Crippen LogP contribution < -0.4 is 11.5 Å². The second-order valence-electron chi connectivity index (χ2n) is 2.10. The van der Waals surface area contributed by atoms with E-state index in [2.05, 4.69) is 12.6 Å². The summed E-state index contributed by atoms with van der Waals surface area (Å²) in [4.78, 5) is 10.8. The molecule has 0 amide bonds. The summed E-state index contributed by atoms with van der Waals surface area (Å²) in [5.74, 6) is -0.102. The SMILES string of the molecule is NCCCOC(=O)[C@@H](N)CS. The first-order valence-corrected chi connectivity index (χ1v) is 4.08. The maximum atomic E-state index is 10.8. The zero-order chi connectivity index (χ0) is 8.69. The molecule has 0 saturated carbocycles. The number of thiol groups is 1. The predicted molar refractivity (Wildman–Crippen MR) is 46.5 cm³/mol. The molecule has 0 saturated heterocycles. The van der Waals surface area contributed by atoms with Gasteiger partial charge in [-0.2, -0.15) is 12.6 Å². The first kappa shape index (κ1) is 10.7. The highest BCUT2D eigenvalue weighted by Gasteiger charge is 2.11. The first-order valence-electron chi connectivity index (χ1n) is 3.45. The van der Waals surface area contributed by atoms with Crippen molar-refractivity contribution in [3.63, 3.8) is 0 Å². The summed E-state index contributed by atoms with van der Waals surface area (Å²) in [7, 11) is 0. The Kier molecular flexibility index (Phi) is 6.30. The van der Waals surface area contributed by atoms with Crippen molar-refractivity contribution in [2.24, 2.45) is 11.5 Å². The minimum absolute atomic E-state index is 0.307. The molecule has 0 aromatic heterocycles. The molecular formula is C6H14N2O2S. The van der Waals surface area contributed by atoms with Crippen LogP contribution in [0.3, 0.4) is 0 Å². The van der Waals surface area contributed by atoms with Crippen molar-refractivity contribution >= 4 is 18.6 Å². The van der Waals surface area contributed by atoms with Crippen molar-refractivity contribution in [3.05, 3.63) is 0 Å². The van der Waals surface area contributed by atoms with Crippen LogP contribution in [0.4, 0.5) is 0 Å². The van der Waals surface area contributed by atoms with Gasteiger partial charge < -0.3 is 16.2 Å². The van der Waals surface area contributed by atoms with Crippen LogP contribution in [0.5, 0.6) is 0 Å². The Labute approximate surface area is 71.7 Å². The topological polar surface area (TPSA) is 78.3 Å². The fraction of sp³-hybridized carbons (Fsp3) is 0.833. The summed E-state index contributed by atoms with van der Waals surface area (Å²) < 4.78 is 4.74. The Hall–Kier alpha value is -0.260. The van der Waals surface area contributed by atoms with E-state index >= 15 is 0 Å². The lowest BCUT2D eigenvalue weighted by Crippen LogP contribution is -2.34. The molecule has 0 bridgehead atoms. The molecule has 66 valence electrons. The Morgan fingerprint density at radius 3 is 2.73 bits per heavy atom. The quantitative estimate of drug-likeness (QED) is 0.291. The maximum Gasteiger partial charge on any atom is 0.323 e. The number of esters is 1. The van der Waals surface area contributed by atoms with Gasteiger partial charge in [0.2, 0.25) is 0 Å². The van der Waals surface area contributed by atoms with E-state index in [1.54, 1.807) is 0 Å². The van der Waals surface area contributed by atoms with Crippen LogP contribution in [-0.2, 0) is 9.53 Å². The van der Waals surface area contributed by atoms with Crippen LogP contribution in [0, 0.1) is 0 Å². The molecule has 0 radical (unpaired) electrons. The molecule has 0 heterocycles. The maximum absolute atomic E-state index is 10.8. The molecule has 0 aliphatic rings. The van der Waals surface area contributed by atoms with Crippen LogP contribution >= 0.6 is 12.6 Å². The second-order valence-corrected chi connectivity index (χ2v) is 2.46. The van der Waals surface area contributed by atoms with Crippen LogP contribution in [0.15, 0.2) is 0 Å². The molecule has 5 heteroatoms. The van der Waals surface area contributed by atoms with Crippen LogP contribution in [-0.4, -0.2) is 30.9 Å². The standard InChI is InChI=1S/C6H14N2O2S/c7-2-1-3-10-6(9)5(8)4-11/h5,11H,1-4,7-8H2/t5-/m0/s1. The monoisotopic (exact) mass is 178 g/mol. The third-order valence-corrected chi connectivity index (χ3v) is 1.49. The fourth-order valence-electron chi connectivity index (χ4n) is 0.438. The molecule has 0 aromatic rings. The van der Waals surface area contributed by atoms with Crippen molar-refractivity contribution in [1.82, 2.24) is 0 Å². The highest BCUT2D eigenvalue weighted by molar-refractivity contribution is 7.80. The number of rotatable bonds is 5. The van der Waals surface area contributed by atoms with Gasteiger partial charge in [0.15, 0.2) is 0 Å². The summed E-state index contributed by atoms with van der Waals surface area (Å²) in [5, 5.41) is 0. The predicted octanol–water partition coefficient (Wildman–Crippen LogP) is -0.865. The van der Waals surface area contributed by atoms with E-state index in [4.69, 9.17) is 16.2 Å². The first-order chi connectivity index (χ1) is 5.22. The van der Waals surface area contributed by atoms with Gasteiger partial charge in [-0.05, 0) is 13.0 Å². The highest BCUT2D eigenvalue weighted by atomic mass is 32.1. The number of nitrogens with two attached hydrogens (primary N) is 2. The van der Waals surface area contributed by atoms with Crippen LogP contribution in [0.2, 0.25) is 0 Å². The van der Waals surface area contributed by atoms with Crippen molar-refractivity contribution in [3.8, 4) is 0 Å². The van der Waals surface area contributed by atoms with Gasteiger partial charge in [-0.15, -0.1) is 0 Å². The minimum atomic E-state index is -0.615. The Morgan fingerprint density at radius 2 is 2.27 bits per heavy atom. The minimum Gasteiger partial charge on any atom is -0.464 e. The molecular weight excluding hydrogens is 164 g/mol. The summed E-state index contributed by atoms with van der Waals surface area (Å²) in [6, 6.07) is -0.615. The average molecular weight is 178 g/mol. The fourth-order valence-corrected chi connectivity index (χ4v) is 0.587. The molecule has 4 N–H and O–H groups in total. The lowest BCUT2D eigenvalue weighted by molar-refractivity contribution is -0.144. The Bertz CT molecular complexity index is 121. The largest absolute Gasteiger partial charge is 0.464 e. The zero-order valence-corrected chi connectivity index (χ0v) is 7.22. The van der Waals surface area contributed by atoms with Crippen LogP contribution in [0.1, 0.15) is 6.42 Å². The zero-order valence-electron chi connectivity index (χ0n) is 6.32. The van der Waals surface area contributed by atoms with E-state index in [-0.39, 0.29) is 0 Å². The molecule has 1 atom stereocenters. The summed E-state index contributed by atoms with van der Waals surface area (Å²) in [6.45, 7) is 0.861. The van der Waals surface area contributed by atoms with Gasteiger partial charge >= 0.3 is 5.97 Å². The molecule has 0 aromatic carbocycles. The third kappa shape index (κ3) is 5.06. The van der Waals surface area contributed by atoms with E-state index < -0.39 is 12.0 Å². The highest BCUT2D eigenvalue weighted by Crippen LogP contribution is 1.89. The van der Waals surface area contributed by atoms with Gasteiger partial charge in [-0.25, -0.2) is 0 Å². The van der Waals surface area contributed by atoms with Gasteiger partial charge in [-0.3, -0.25) is 4.79 Å². The third-order valence-electron chi connectivity index (χ3n) is 1.09. The Balaban J connectivity index is 3.36. The van der Waals surface area contributed by atoms with Crippen molar-refractivity contribution < 1.29 is 9.53 Å². The number of carbonyl (C=O) groups is 1. The second kappa shape index (κ2) is 6.45. The van der Waals surface area contributed by atoms with E-state index in [0.717, 1.165) is 0 Å². The molecule has 0 aliphatic carbocycles. The smallest absolute Gasteiger partial charge is 0.323 e. The van der Waals surface area contributed by atoms with Gasteiger partial charge in [-0.1, -0.05) is 0 Å². The lowest BCUT2D eigenvalue weighted by atomic mass is 10.4. The number of hydrogen-bond acceptors (Lipinski definition) is 5. The van der Waals surface area contributed by atoms with Gasteiger partial charge in [0, 0.05) is 5.75 Å².